The molecule has 14 heteroatoms. The highest BCUT2D eigenvalue weighted by Gasteiger charge is 2.30. The fourth-order valence-electron chi connectivity index (χ4n) is 6.43. The number of hydrogen-bond acceptors (Lipinski definition) is 7. The second kappa shape index (κ2) is 19.4. The Hall–Kier alpha value is -7.22. The first-order chi connectivity index (χ1) is 27.8. The van der Waals surface area contributed by atoms with Crippen molar-refractivity contribution >= 4 is 58.2 Å². The molecule has 3 atom stereocenters. The number of hydrogen-bond donors (Lipinski definition) is 6. The first-order valence-corrected chi connectivity index (χ1v) is 18.5. The van der Waals surface area contributed by atoms with Crippen LogP contribution in [0.5, 0.6) is 0 Å². The third-order valence-electron chi connectivity index (χ3n) is 9.38. The number of rotatable bonds is 18. The molecule has 0 saturated carbocycles. The number of para-hydroxylation sites is 2. The van der Waals surface area contributed by atoms with E-state index in [1.807, 2.05) is 109 Å². The van der Waals surface area contributed by atoms with Gasteiger partial charge in [-0.15, -0.1) is 0 Å². The third kappa shape index (κ3) is 10.9. The lowest BCUT2D eigenvalue weighted by Gasteiger charge is -2.25. The number of amides is 5. The van der Waals surface area contributed by atoms with Crippen molar-refractivity contribution in [1.29, 1.82) is 0 Å². The molecule has 3 unspecified atom stereocenters. The Morgan fingerprint density at radius 1 is 0.684 bits per heavy atom. The summed E-state index contributed by atoms with van der Waals surface area (Å²) in [6.45, 7) is -0.324. The van der Waals surface area contributed by atoms with Crippen LogP contribution in [0.15, 0.2) is 127 Å². The molecule has 5 amide bonds. The van der Waals surface area contributed by atoms with Gasteiger partial charge < -0.3 is 36.0 Å². The predicted molar refractivity (Wildman–Crippen MR) is 217 cm³/mol. The first-order valence-electron chi connectivity index (χ1n) is 18.5. The molecule has 0 bridgehead atoms. The molecule has 0 aliphatic heterocycles. The van der Waals surface area contributed by atoms with Gasteiger partial charge in [0.25, 0.3) is 0 Å². The van der Waals surface area contributed by atoms with Gasteiger partial charge in [-0.05, 0) is 40.8 Å². The zero-order valence-electron chi connectivity index (χ0n) is 31.3. The Morgan fingerprint density at radius 3 is 1.79 bits per heavy atom. The maximum atomic E-state index is 14.4. The number of carbonyl (C=O) groups excluding carboxylic acids is 5. The number of H-pyrrole nitrogens is 2. The van der Waals surface area contributed by atoms with Gasteiger partial charge in [-0.25, -0.2) is 9.80 Å². The van der Waals surface area contributed by atoms with Crippen molar-refractivity contribution in [1.82, 2.24) is 36.2 Å². The largest absolute Gasteiger partial charge is 0.445 e. The SMILES string of the molecule is CNC(=O)CN(C=O)/N=C/C(Cc1ccccc1)NC(=O)C(Cc1c[nH]c2ccccc12)NC(=O)C(Cc1c[nH]c2ccccc12)NC(=O)OCc1ccccc1. The second-order valence-electron chi connectivity index (χ2n) is 13.4. The minimum absolute atomic E-state index is 0.00526. The molecule has 0 radical (unpaired) electrons. The first kappa shape index (κ1) is 39.5. The Bertz CT molecular complexity index is 2320. The van der Waals surface area contributed by atoms with Crippen LogP contribution in [0.1, 0.15) is 22.3 Å². The minimum atomic E-state index is -1.14. The molecular formula is C43H44N8O6. The van der Waals surface area contributed by atoms with Crippen LogP contribution in [-0.2, 0) is 49.8 Å². The van der Waals surface area contributed by atoms with Crippen molar-refractivity contribution in [3.05, 3.63) is 144 Å². The quantitative estimate of drug-likeness (QED) is 0.0433. The Balaban J connectivity index is 1.28. The van der Waals surface area contributed by atoms with E-state index in [9.17, 15) is 24.0 Å². The molecule has 57 heavy (non-hydrogen) atoms. The summed E-state index contributed by atoms with van der Waals surface area (Å²) in [6.07, 6.45) is 5.05. The summed E-state index contributed by atoms with van der Waals surface area (Å²) in [4.78, 5) is 72.2. The summed E-state index contributed by atoms with van der Waals surface area (Å²) in [5, 5.41) is 18.0. The molecular weight excluding hydrogens is 725 g/mol. The van der Waals surface area contributed by atoms with E-state index in [4.69, 9.17) is 4.74 Å². The van der Waals surface area contributed by atoms with Gasteiger partial charge in [0, 0.05) is 60.3 Å². The highest BCUT2D eigenvalue weighted by molar-refractivity contribution is 5.94. The molecule has 0 spiro atoms. The van der Waals surface area contributed by atoms with Crippen LogP contribution in [-0.4, -0.2) is 83.1 Å². The van der Waals surface area contributed by atoms with Crippen LogP contribution < -0.4 is 21.3 Å². The van der Waals surface area contributed by atoms with E-state index in [0.29, 0.717) is 6.41 Å². The number of fused-ring (bicyclic) bond motifs is 2. The number of benzene rings is 4. The van der Waals surface area contributed by atoms with Crippen LogP contribution in [0.25, 0.3) is 21.8 Å². The summed E-state index contributed by atoms with van der Waals surface area (Å²) in [6, 6.07) is 30.8. The average Bonchev–Trinajstić information content (AvgIpc) is 3.85. The van der Waals surface area contributed by atoms with Crippen molar-refractivity contribution in [2.45, 2.75) is 44.0 Å². The van der Waals surface area contributed by atoms with Gasteiger partial charge in [-0.2, -0.15) is 5.10 Å². The van der Waals surface area contributed by atoms with E-state index in [1.54, 1.807) is 12.4 Å². The predicted octanol–water partition coefficient (Wildman–Crippen LogP) is 4.13. The molecule has 0 aliphatic rings. The van der Waals surface area contributed by atoms with Crippen LogP contribution in [0.3, 0.4) is 0 Å². The van der Waals surface area contributed by atoms with E-state index in [2.05, 4.69) is 36.3 Å². The van der Waals surface area contributed by atoms with Crippen LogP contribution >= 0.6 is 0 Å². The number of carbonyl (C=O) groups is 5. The maximum Gasteiger partial charge on any atom is 0.408 e. The molecule has 0 aliphatic carbocycles. The molecule has 292 valence electrons. The number of aromatic amines is 2. The van der Waals surface area contributed by atoms with E-state index in [-0.39, 0.29) is 32.4 Å². The van der Waals surface area contributed by atoms with Gasteiger partial charge in [-0.3, -0.25) is 19.2 Å². The standard InChI is InChI=1S/C43H44N8O6/c1-44-40(53)26-51(28-52)47-25-33(20-29-12-4-2-5-13-29)48-41(54)38(21-31-23-45-36-18-10-8-16-34(31)36)49-42(55)39(22-32-24-46-37-19-11-9-17-35(32)37)50-43(56)57-27-30-14-6-3-7-15-30/h2-19,23-25,28,33,38-39,45-46H,20-22,26-27H2,1H3,(H,44,53)(H,48,54)(H,49,55)(H,50,56)/b47-25+. The van der Waals surface area contributed by atoms with Gasteiger partial charge in [0.15, 0.2) is 0 Å². The number of ether oxygens (including phenoxy) is 1. The summed E-state index contributed by atoms with van der Waals surface area (Å²) in [5.41, 5.74) is 4.93. The van der Waals surface area contributed by atoms with Crippen molar-refractivity contribution in [3.63, 3.8) is 0 Å². The molecule has 6 rings (SSSR count). The number of nitrogens with one attached hydrogen (secondary N) is 6. The zero-order chi connectivity index (χ0) is 40.0. The lowest BCUT2D eigenvalue weighted by Crippen LogP contribution is -2.56. The highest BCUT2D eigenvalue weighted by atomic mass is 16.5. The van der Waals surface area contributed by atoms with Crippen molar-refractivity contribution < 1.29 is 28.7 Å². The lowest BCUT2D eigenvalue weighted by atomic mass is 10.0. The normalized spacial score (nSPS) is 12.7. The van der Waals surface area contributed by atoms with Gasteiger partial charge in [0.1, 0.15) is 25.2 Å². The van der Waals surface area contributed by atoms with E-state index < -0.39 is 41.9 Å². The Morgan fingerprint density at radius 2 is 1.21 bits per heavy atom. The van der Waals surface area contributed by atoms with Crippen molar-refractivity contribution in [2.75, 3.05) is 13.6 Å². The molecule has 2 heterocycles. The average molecular weight is 769 g/mol. The highest BCUT2D eigenvalue weighted by Crippen LogP contribution is 2.21. The maximum absolute atomic E-state index is 14.4. The van der Waals surface area contributed by atoms with E-state index >= 15 is 0 Å². The number of hydrazone groups is 1. The molecule has 6 N–H and O–H groups in total. The number of aromatic nitrogens is 2. The Labute approximate surface area is 329 Å². The molecule has 4 aromatic carbocycles. The van der Waals surface area contributed by atoms with Crippen molar-refractivity contribution in [3.8, 4) is 0 Å². The summed E-state index contributed by atoms with van der Waals surface area (Å²) in [5.74, 6) is -1.57. The smallest absolute Gasteiger partial charge is 0.408 e. The summed E-state index contributed by atoms with van der Waals surface area (Å²) in [7, 11) is 1.45. The Kier molecular flexibility index (Phi) is 13.4. The van der Waals surface area contributed by atoms with E-state index in [0.717, 1.165) is 49.1 Å². The number of nitrogens with zero attached hydrogens (tertiary/aromatic N) is 2. The summed E-state index contributed by atoms with van der Waals surface area (Å²) >= 11 is 0. The van der Waals surface area contributed by atoms with Crippen LogP contribution in [0, 0.1) is 0 Å². The topological polar surface area (TPSA) is 190 Å². The van der Waals surface area contributed by atoms with Gasteiger partial charge in [-0.1, -0.05) is 97.1 Å². The fraction of sp³-hybridized carbons (Fsp3) is 0.209. The van der Waals surface area contributed by atoms with E-state index in [1.165, 1.54) is 13.3 Å². The van der Waals surface area contributed by atoms with Gasteiger partial charge >= 0.3 is 6.09 Å². The number of likely N-dealkylation sites (N-methyl/N-ethyl adjacent to an activating group) is 1. The van der Waals surface area contributed by atoms with Gasteiger partial charge in [0.05, 0.1) is 6.04 Å². The summed E-state index contributed by atoms with van der Waals surface area (Å²) < 4.78 is 5.51. The van der Waals surface area contributed by atoms with Gasteiger partial charge in [0.2, 0.25) is 24.1 Å². The molecule has 14 nitrogen and oxygen atoms in total. The molecule has 6 aromatic rings. The molecule has 2 aromatic heterocycles. The number of alkyl carbamates (subject to hydrolysis) is 1. The van der Waals surface area contributed by atoms with Crippen molar-refractivity contribution in [2.24, 2.45) is 5.10 Å². The zero-order valence-corrected chi connectivity index (χ0v) is 31.3. The third-order valence-corrected chi connectivity index (χ3v) is 9.38. The second-order valence-corrected chi connectivity index (χ2v) is 13.4. The monoisotopic (exact) mass is 768 g/mol. The fourth-order valence-corrected chi connectivity index (χ4v) is 6.43. The molecule has 0 fully saturated rings. The molecule has 0 saturated heterocycles. The van der Waals surface area contributed by atoms with Crippen LogP contribution in [0.4, 0.5) is 4.79 Å². The van der Waals surface area contributed by atoms with Crippen LogP contribution in [0.2, 0.25) is 0 Å². The minimum Gasteiger partial charge on any atom is -0.445 e. The lowest BCUT2D eigenvalue weighted by molar-refractivity contribution is -0.130.